The van der Waals surface area contributed by atoms with E-state index in [1.165, 1.54) is 23.0 Å². The lowest BCUT2D eigenvalue weighted by atomic mass is 10.0. The second kappa shape index (κ2) is 7.66. The van der Waals surface area contributed by atoms with Crippen LogP contribution < -0.4 is 10.5 Å². The lowest BCUT2D eigenvalue weighted by Gasteiger charge is -2.33. The minimum atomic E-state index is -3.49. The zero-order valence-corrected chi connectivity index (χ0v) is 18.0. The van der Waals surface area contributed by atoms with Gasteiger partial charge >= 0.3 is 6.11 Å². The molecule has 0 amide bonds. The van der Waals surface area contributed by atoms with E-state index >= 15 is 8.78 Å². The van der Waals surface area contributed by atoms with Gasteiger partial charge in [-0.3, -0.25) is 9.58 Å². The molecule has 2 unspecified atom stereocenters. The molecule has 4 fully saturated rings. The summed E-state index contributed by atoms with van der Waals surface area (Å²) in [6, 6.07) is 4.89. The van der Waals surface area contributed by atoms with Crippen LogP contribution >= 0.6 is 0 Å². The molecule has 3 aliphatic carbocycles. The summed E-state index contributed by atoms with van der Waals surface area (Å²) in [5, 5.41) is 4.68. The highest BCUT2D eigenvalue weighted by Crippen LogP contribution is 2.63. The lowest BCUT2D eigenvalue weighted by molar-refractivity contribution is -0.191. The lowest BCUT2D eigenvalue weighted by Crippen LogP contribution is -2.43. The highest BCUT2D eigenvalue weighted by atomic mass is 19.3. The van der Waals surface area contributed by atoms with E-state index in [0.29, 0.717) is 36.3 Å². The maximum Gasteiger partial charge on any atom is 0.443 e. The zero-order valence-electron chi connectivity index (χ0n) is 18.0. The van der Waals surface area contributed by atoms with Gasteiger partial charge in [-0.05, 0) is 55.6 Å². The Bertz CT molecular complexity index is 977. The molecule has 32 heavy (non-hydrogen) atoms. The summed E-state index contributed by atoms with van der Waals surface area (Å²) in [6.45, 7) is 4.13. The Morgan fingerprint density at radius 3 is 2.59 bits per heavy atom. The van der Waals surface area contributed by atoms with Crippen molar-refractivity contribution in [3.63, 3.8) is 0 Å². The van der Waals surface area contributed by atoms with E-state index in [4.69, 9.17) is 15.2 Å². The van der Waals surface area contributed by atoms with Crippen molar-refractivity contribution >= 4 is 5.82 Å². The molecule has 7 nitrogen and oxygen atoms in total. The van der Waals surface area contributed by atoms with Gasteiger partial charge in [0.1, 0.15) is 11.6 Å². The molecule has 0 spiro atoms. The second-order valence-corrected chi connectivity index (χ2v) is 9.74. The monoisotopic (exact) mass is 445 g/mol. The van der Waals surface area contributed by atoms with Crippen LogP contribution in [0.25, 0.3) is 0 Å². The number of hydrogen-bond donors (Lipinski definition) is 1. The minimum absolute atomic E-state index is 0.000124. The van der Waals surface area contributed by atoms with Gasteiger partial charge in [-0.15, -0.1) is 0 Å². The van der Waals surface area contributed by atoms with E-state index in [2.05, 4.69) is 15.0 Å². The fourth-order valence-electron chi connectivity index (χ4n) is 5.70. The maximum absolute atomic E-state index is 15.2. The first-order valence-corrected chi connectivity index (χ1v) is 11.7. The molecule has 2 aromatic rings. The van der Waals surface area contributed by atoms with Crippen LogP contribution in [0.3, 0.4) is 0 Å². The SMILES string of the molecule is Nc1cc(OC(F)(F)c2cc(C3C4CC(N5CCOCC5)CC43)nn2CC2CC2)ccn1. The van der Waals surface area contributed by atoms with Crippen molar-refractivity contribution in [2.24, 2.45) is 17.8 Å². The van der Waals surface area contributed by atoms with E-state index in [0.717, 1.165) is 57.7 Å². The number of halogens is 2. The predicted octanol–water partition coefficient (Wildman–Crippen LogP) is 3.22. The second-order valence-electron chi connectivity index (χ2n) is 9.74. The molecule has 2 N–H and O–H groups in total. The predicted molar refractivity (Wildman–Crippen MR) is 113 cm³/mol. The number of fused-ring (bicyclic) bond motifs is 1. The van der Waals surface area contributed by atoms with Gasteiger partial charge in [-0.2, -0.15) is 13.9 Å². The number of alkyl halides is 2. The fourth-order valence-corrected chi connectivity index (χ4v) is 5.70. The number of rotatable bonds is 7. The van der Waals surface area contributed by atoms with Crippen LogP contribution in [0.4, 0.5) is 14.6 Å². The van der Waals surface area contributed by atoms with Gasteiger partial charge in [0.15, 0.2) is 5.69 Å². The largest absolute Gasteiger partial charge is 0.443 e. The first-order valence-electron chi connectivity index (χ1n) is 11.7. The first kappa shape index (κ1) is 20.4. The molecule has 2 atom stereocenters. The van der Waals surface area contributed by atoms with Crippen molar-refractivity contribution in [1.29, 1.82) is 0 Å². The molecule has 4 aliphatic rings. The molecule has 1 saturated heterocycles. The van der Waals surface area contributed by atoms with Gasteiger partial charge in [0.2, 0.25) is 0 Å². The molecule has 3 saturated carbocycles. The number of ether oxygens (including phenoxy) is 2. The molecule has 0 aromatic carbocycles. The Morgan fingerprint density at radius 1 is 1.16 bits per heavy atom. The number of hydrogen-bond acceptors (Lipinski definition) is 6. The summed E-state index contributed by atoms with van der Waals surface area (Å²) in [7, 11) is 0. The van der Waals surface area contributed by atoms with Crippen molar-refractivity contribution < 1.29 is 18.3 Å². The third kappa shape index (κ3) is 3.85. The first-order chi connectivity index (χ1) is 15.5. The van der Waals surface area contributed by atoms with Gasteiger partial charge in [-0.25, -0.2) is 4.98 Å². The van der Waals surface area contributed by atoms with E-state index < -0.39 is 6.11 Å². The molecular weight excluding hydrogens is 416 g/mol. The van der Waals surface area contributed by atoms with Gasteiger partial charge in [0.05, 0.1) is 18.9 Å². The molecule has 0 radical (unpaired) electrons. The highest BCUT2D eigenvalue weighted by Gasteiger charge is 2.59. The van der Waals surface area contributed by atoms with Crippen LogP contribution in [-0.4, -0.2) is 52.0 Å². The topological polar surface area (TPSA) is 78.4 Å². The average molecular weight is 446 g/mol. The Morgan fingerprint density at radius 2 is 1.91 bits per heavy atom. The van der Waals surface area contributed by atoms with Crippen molar-refractivity contribution in [2.45, 2.75) is 50.3 Å². The molecule has 6 rings (SSSR count). The number of nitrogens with zero attached hydrogens (tertiary/aromatic N) is 4. The maximum atomic E-state index is 15.2. The number of aromatic nitrogens is 3. The number of morpholine rings is 1. The van der Waals surface area contributed by atoms with Crippen molar-refractivity contribution in [3.8, 4) is 5.75 Å². The molecule has 2 aromatic heterocycles. The third-order valence-electron chi connectivity index (χ3n) is 7.55. The molecule has 9 heteroatoms. The van der Waals surface area contributed by atoms with E-state index in [1.807, 2.05) is 0 Å². The number of nitrogen functional groups attached to an aromatic ring is 1. The summed E-state index contributed by atoms with van der Waals surface area (Å²) >= 11 is 0. The molecule has 172 valence electrons. The van der Waals surface area contributed by atoms with Gasteiger partial charge in [0, 0.05) is 43.9 Å². The molecule has 0 bridgehead atoms. The Hall–Kier alpha value is -2.26. The van der Waals surface area contributed by atoms with Crippen LogP contribution in [0, 0.1) is 17.8 Å². The van der Waals surface area contributed by atoms with Crippen LogP contribution in [0.2, 0.25) is 0 Å². The molecule has 3 heterocycles. The van der Waals surface area contributed by atoms with E-state index in [9.17, 15) is 0 Å². The van der Waals surface area contributed by atoms with E-state index in [1.54, 1.807) is 6.07 Å². The Labute approximate surface area is 185 Å². The Kier molecular flexibility index (Phi) is 4.87. The summed E-state index contributed by atoms with van der Waals surface area (Å²) in [5.41, 5.74) is 6.26. The standard InChI is InChI=1S/C23H29F2N5O2/c24-23(25,32-16-3-4-27-21(26)11-16)20-12-19(28-30(20)13-14-1-2-14)22-17-9-15(10-18(17)22)29-5-7-31-8-6-29/h3-4,11-12,14-15,17-18,22H,1-2,5-10,13H2,(H2,26,27). The third-order valence-corrected chi connectivity index (χ3v) is 7.55. The van der Waals surface area contributed by atoms with Crippen LogP contribution in [-0.2, 0) is 17.4 Å². The van der Waals surface area contributed by atoms with Gasteiger partial charge in [-0.1, -0.05) is 0 Å². The number of nitrogens with two attached hydrogens (primary N) is 1. The number of pyridine rings is 1. The average Bonchev–Trinajstić information content (AvgIpc) is 3.61. The van der Waals surface area contributed by atoms with Crippen LogP contribution in [0.15, 0.2) is 24.4 Å². The van der Waals surface area contributed by atoms with Crippen molar-refractivity contribution in [3.05, 3.63) is 35.8 Å². The van der Waals surface area contributed by atoms with Crippen molar-refractivity contribution in [1.82, 2.24) is 19.7 Å². The highest BCUT2D eigenvalue weighted by molar-refractivity contribution is 5.36. The number of anilines is 1. The summed E-state index contributed by atoms with van der Waals surface area (Å²) in [4.78, 5) is 6.37. The summed E-state index contributed by atoms with van der Waals surface area (Å²) in [6.07, 6.45) is 2.26. The summed E-state index contributed by atoms with van der Waals surface area (Å²) in [5.74, 6) is 1.96. The smallest absolute Gasteiger partial charge is 0.428 e. The van der Waals surface area contributed by atoms with Crippen LogP contribution in [0.5, 0.6) is 5.75 Å². The fraction of sp³-hybridized carbons (Fsp3) is 0.652. The van der Waals surface area contributed by atoms with Crippen LogP contribution in [0.1, 0.15) is 43.0 Å². The van der Waals surface area contributed by atoms with Crippen molar-refractivity contribution in [2.75, 3.05) is 32.0 Å². The normalized spacial score (nSPS) is 30.3. The minimum Gasteiger partial charge on any atom is -0.428 e. The van der Waals surface area contributed by atoms with Gasteiger partial charge in [0.25, 0.3) is 0 Å². The van der Waals surface area contributed by atoms with Gasteiger partial charge < -0.3 is 15.2 Å². The van der Waals surface area contributed by atoms with E-state index in [-0.39, 0.29) is 17.3 Å². The molecule has 1 aliphatic heterocycles. The Balaban J connectivity index is 1.20. The zero-order chi connectivity index (χ0) is 21.9. The summed E-state index contributed by atoms with van der Waals surface area (Å²) < 4.78 is 42.5. The quantitative estimate of drug-likeness (QED) is 0.705. The molecular formula is C23H29F2N5O2.